The van der Waals surface area contributed by atoms with Gasteiger partial charge in [-0.2, -0.15) is 0 Å². The number of nitrogens with zero attached hydrogens (tertiary/aromatic N) is 4. The van der Waals surface area contributed by atoms with E-state index in [1.165, 1.54) is 36.5 Å². The Morgan fingerprint density at radius 3 is 1.65 bits per heavy atom. The van der Waals surface area contributed by atoms with Crippen molar-refractivity contribution < 1.29 is 4.42 Å². The number of hydrogen-bond donors (Lipinski definition) is 0. The van der Waals surface area contributed by atoms with Gasteiger partial charge in [0.1, 0.15) is 5.58 Å². The van der Waals surface area contributed by atoms with Gasteiger partial charge in [-0.3, -0.25) is 0 Å². The minimum atomic E-state index is 0.586. The molecule has 6 heteroatoms. The fourth-order valence-electron chi connectivity index (χ4n) is 8.52. The monoisotopic (exact) mass is 746 g/mol. The largest absolute Gasteiger partial charge is 0.454 e. The molecule has 0 aliphatic rings. The van der Waals surface area contributed by atoms with Crippen LogP contribution in [-0.4, -0.2) is 19.5 Å². The van der Waals surface area contributed by atoms with Crippen LogP contribution in [0.25, 0.3) is 115 Å². The summed E-state index contributed by atoms with van der Waals surface area (Å²) in [6.07, 6.45) is 0. The smallest absolute Gasteiger partial charge is 0.164 e. The number of furan rings is 1. The van der Waals surface area contributed by atoms with Crippen LogP contribution in [0.1, 0.15) is 0 Å². The van der Waals surface area contributed by atoms with Crippen molar-refractivity contribution in [2.24, 2.45) is 0 Å². The SMILES string of the molecule is c1ccc(-c2nc(-c3ccccc3)nc(-c3ccc4c(c3)oc3c(-n5c6ccccc6c6ccccc65)ccc(-c5cccc6sc7ccccc7c56)c34)n2)cc1. The number of thiophene rings is 1. The minimum Gasteiger partial charge on any atom is -0.454 e. The molecule has 12 aromatic rings. The van der Waals surface area contributed by atoms with Crippen LogP contribution >= 0.6 is 11.3 Å². The van der Waals surface area contributed by atoms with Gasteiger partial charge in [0.15, 0.2) is 23.1 Å². The van der Waals surface area contributed by atoms with Gasteiger partial charge in [-0.25, -0.2) is 15.0 Å². The molecule has 12 rings (SSSR count). The standard InChI is InChI=1S/C51H30N4OS/c1-3-14-31(15-4-1)49-52-50(32-16-5-2-6-17-32)54-51(53-49)33-26-27-38-43(30-33)56-48-42(55-40-22-10-7-18-34(40)35-19-8-11-23-41(35)55)29-28-37(47(38)48)36-21-13-25-45-46(36)39-20-9-12-24-44(39)57-45/h1-30H. The number of benzene rings is 8. The predicted octanol–water partition coefficient (Wildman–Crippen LogP) is 13.9. The van der Waals surface area contributed by atoms with E-state index in [0.29, 0.717) is 17.5 Å². The van der Waals surface area contributed by atoms with Crippen molar-refractivity contribution in [1.29, 1.82) is 0 Å². The number of para-hydroxylation sites is 2. The molecule has 0 atom stereocenters. The number of rotatable bonds is 5. The Labute approximate surface area is 330 Å². The summed E-state index contributed by atoms with van der Waals surface area (Å²) in [7, 11) is 0. The van der Waals surface area contributed by atoms with Crippen LogP contribution in [0.5, 0.6) is 0 Å². The van der Waals surface area contributed by atoms with E-state index in [2.05, 4.69) is 126 Å². The van der Waals surface area contributed by atoms with Crippen LogP contribution < -0.4 is 0 Å². The summed E-state index contributed by atoms with van der Waals surface area (Å²) in [4.78, 5) is 15.0. The van der Waals surface area contributed by atoms with Crippen molar-refractivity contribution in [3.63, 3.8) is 0 Å². The summed E-state index contributed by atoms with van der Waals surface area (Å²) >= 11 is 1.84. The van der Waals surface area contributed by atoms with E-state index in [1.54, 1.807) is 0 Å². The number of hydrogen-bond acceptors (Lipinski definition) is 5. The summed E-state index contributed by atoms with van der Waals surface area (Å²) in [5.41, 5.74) is 9.88. The van der Waals surface area contributed by atoms with Crippen LogP contribution in [-0.2, 0) is 0 Å². The van der Waals surface area contributed by atoms with Crippen LogP contribution in [0, 0.1) is 0 Å². The zero-order valence-corrected chi connectivity index (χ0v) is 31.2. The average molecular weight is 747 g/mol. The molecule has 0 unspecified atom stereocenters. The Morgan fingerprint density at radius 1 is 0.404 bits per heavy atom. The molecule has 0 saturated heterocycles. The molecule has 0 N–H and O–H groups in total. The molecule has 0 bridgehead atoms. The fraction of sp³-hybridized carbons (Fsp3) is 0. The lowest BCUT2D eigenvalue weighted by atomic mass is 9.94. The molecular formula is C51H30N4OS. The molecule has 0 aliphatic heterocycles. The topological polar surface area (TPSA) is 56.7 Å². The highest BCUT2D eigenvalue weighted by molar-refractivity contribution is 7.25. The highest BCUT2D eigenvalue weighted by Crippen LogP contribution is 2.47. The highest BCUT2D eigenvalue weighted by Gasteiger charge is 2.23. The van der Waals surface area contributed by atoms with Crippen molar-refractivity contribution in [2.75, 3.05) is 0 Å². The van der Waals surface area contributed by atoms with Crippen molar-refractivity contribution in [3.05, 3.63) is 182 Å². The van der Waals surface area contributed by atoms with E-state index in [9.17, 15) is 0 Å². The molecule has 57 heavy (non-hydrogen) atoms. The van der Waals surface area contributed by atoms with Gasteiger partial charge in [0.05, 0.1) is 16.7 Å². The summed E-state index contributed by atoms with van der Waals surface area (Å²) in [5, 5.41) is 7.05. The maximum atomic E-state index is 7.15. The second-order valence-corrected chi connectivity index (χ2v) is 15.4. The summed E-state index contributed by atoms with van der Waals surface area (Å²) in [5.74, 6) is 1.83. The van der Waals surface area contributed by atoms with Crippen molar-refractivity contribution in [2.45, 2.75) is 0 Å². The Bertz CT molecular complexity index is 3420. The van der Waals surface area contributed by atoms with Crippen LogP contribution in [0.3, 0.4) is 0 Å². The van der Waals surface area contributed by atoms with Gasteiger partial charge >= 0.3 is 0 Å². The molecule has 0 radical (unpaired) electrons. The van der Waals surface area contributed by atoms with Crippen LogP contribution in [0.2, 0.25) is 0 Å². The molecular weight excluding hydrogens is 717 g/mol. The van der Waals surface area contributed by atoms with Crippen molar-refractivity contribution >= 4 is 75.3 Å². The summed E-state index contributed by atoms with van der Waals surface area (Å²) in [6.45, 7) is 0. The highest BCUT2D eigenvalue weighted by atomic mass is 32.1. The first-order valence-electron chi connectivity index (χ1n) is 19.0. The molecule has 5 nitrogen and oxygen atoms in total. The molecule has 0 amide bonds. The minimum absolute atomic E-state index is 0.586. The van der Waals surface area contributed by atoms with Gasteiger partial charge in [0, 0.05) is 58.4 Å². The van der Waals surface area contributed by atoms with E-state index in [0.717, 1.165) is 60.9 Å². The molecule has 4 heterocycles. The summed E-state index contributed by atoms with van der Waals surface area (Å²) < 4.78 is 12.0. The maximum Gasteiger partial charge on any atom is 0.164 e. The predicted molar refractivity (Wildman–Crippen MR) is 236 cm³/mol. The van der Waals surface area contributed by atoms with E-state index in [-0.39, 0.29) is 0 Å². The van der Waals surface area contributed by atoms with Crippen molar-refractivity contribution in [1.82, 2.24) is 19.5 Å². The first-order valence-corrected chi connectivity index (χ1v) is 19.8. The molecule has 0 aliphatic carbocycles. The van der Waals surface area contributed by atoms with Gasteiger partial charge in [0.2, 0.25) is 0 Å². The van der Waals surface area contributed by atoms with E-state index >= 15 is 0 Å². The maximum absolute atomic E-state index is 7.15. The third-order valence-electron chi connectivity index (χ3n) is 11.1. The van der Waals surface area contributed by atoms with Gasteiger partial charge in [-0.1, -0.05) is 140 Å². The first kappa shape index (κ1) is 31.9. The molecule has 266 valence electrons. The quantitative estimate of drug-likeness (QED) is 0.176. The normalized spacial score (nSPS) is 11.9. The van der Waals surface area contributed by atoms with E-state index in [4.69, 9.17) is 19.4 Å². The Balaban J connectivity index is 1.15. The Kier molecular flexibility index (Phi) is 7.03. The fourth-order valence-corrected chi connectivity index (χ4v) is 9.66. The number of aromatic nitrogens is 4. The molecule has 4 aromatic heterocycles. The van der Waals surface area contributed by atoms with Gasteiger partial charge in [0.25, 0.3) is 0 Å². The van der Waals surface area contributed by atoms with Gasteiger partial charge < -0.3 is 8.98 Å². The Hall–Kier alpha value is -7.41. The number of fused-ring (bicyclic) bond motifs is 9. The van der Waals surface area contributed by atoms with Gasteiger partial charge in [-0.05, 0) is 53.6 Å². The zero-order valence-electron chi connectivity index (χ0n) is 30.4. The third kappa shape index (κ3) is 4.98. The van der Waals surface area contributed by atoms with Crippen LogP contribution in [0.4, 0.5) is 0 Å². The van der Waals surface area contributed by atoms with Crippen molar-refractivity contribution in [3.8, 4) is 51.0 Å². The summed E-state index contributed by atoms with van der Waals surface area (Å²) in [6, 6.07) is 63.7. The second kappa shape index (κ2) is 12.6. The molecule has 0 saturated carbocycles. The zero-order chi connectivity index (χ0) is 37.5. The Morgan fingerprint density at radius 2 is 0.965 bits per heavy atom. The lowest BCUT2D eigenvalue weighted by Crippen LogP contribution is -2.00. The first-order chi connectivity index (χ1) is 28.3. The van der Waals surface area contributed by atoms with Crippen LogP contribution in [0.15, 0.2) is 186 Å². The second-order valence-electron chi connectivity index (χ2n) is 14.3. The third-order valence-corrected chi connectivity index (χ3v) is 12.2. The molecule has 8 aromatic carbocycles. The van der Waals surface area contributed by atoms with E-state index < -0.39 is 0 Å². The average Bonchev–Trinajstić information content (AvgIpc) is 3.96. The molecule has 0 spiro atoms. The van der Waals surface area contributed by atoms with E-state index in [1.807, 2.05) is 72.0 Å². The molecule has 0 fully saturated rings. The lowest BCUT2D eigenvalue weighted by Gasteiger charge is -2.12. The van der Waals surface area contributed by atoms with Gasteiger partial charge in [-0.15, -0.1) is 11.3 Å². The lowest BCUT2D eigenvalue weighted by molar-refractivity contribution is 0.666.